The van der Waals surface area contributed by atoms with Gasteiger partial charge < -0.3 is 15.3 Å². The number of halogens is 2. The van der Waals surface area contributed by atoms with Crippen molar-refractivity contribution in [1.29, 1.82) is 0 Å². The monoisotopic (exact) mass is 360 g/mol. The van der Waals surface area contributed by atoms with E-state index in [4.69, 9.17) is 16.7 Å². The lowest BCUT2D eigenvalue weighted by Gasteiger charge is -2.30. The van der Waals surface area contributed by atoms with Crippen LogP contribution in [0.25, 0.3) is 0 Å². The molecule has 20 heavy (non-hydrogen) atoms. The second-order valence-corrected chi connectivity index (χ2v) is 5.94. The summed E-state index contributed by atoms with van der Waals surface area (Å²) in [7, 11) is 0. The molecule has 5 nitrogen and oxygen atoms in total. The summed E-state index contributed by atoms with van der Waals surface area (Å²) in [5.41, 5.74) is 0.615. The molecule has 108 valence electrons. The fraction of sp³-hybridized carbons (Fsp3) is 0.385. The molecule has 0 saturated carbocycles. The number of likely N-dealkylation sites (tertiary alicyclic amines) is 1. The molecular formula is C13H14BrClN2O3. The van der Waals surface area contributed by atoms with Crippen LogP contribution in [0.15, 0.2) is 22.7 Å². The molecule has 0 unspecified atom stereocenters. The second kappa shape index (κ2) is 6.45. The highest BCUT2D eigenvalue weighted by Crippen LogP contribution is 2.26. The number of carboxylic acid groups (broad SMARTS) is 1. The van der Waals surface area contributed by atoms with Gasteiger partial charge in [0.1, 0.15) is 0 Å². The molecule has 2 N–H and O–H groups in total. The Morgan fingerprint density at radius 2 is 2.20 bits per heavy atom. The van der Waals surface area contributed by atoms with Crippen molar-refractivity contribution in [1.82, 2.24) is 4.90 Å². The van der Waals surface area contributed by atoms with Gasteiger partial charge in [-0.1, -0.05) is 11.6 Å². The lowest BCUT2D eigenvalue weighted by Crippen LogP contribution is -2.44. The zero-order valence-corrected chi connectivity index (χ0v) is 12.9. The van der Waals surface area contributed by atoms with E-state index in [1.165, 1.54) is 4.90 Å². The Hall–Kier alpha value is -1.27. The Bertz CT molecular complexity index is 538. The molecule has 2 amide bonds. The number of urea groups is 1. The van der Waals surface area contributed by atoms with Gasteiger partial charge in [-0.05, 0) is 47.0 Å². The fourth-order valence-corrected chi connectivity index (χ4v) is 2.64. The Kier molecular flexibility index (Phi) is 4.88. The summed E-state index contributed by atoms with van der Waals surface area (Å²) in [6.07, 6.45) is 1.32. The van der Waals surface area contributed by atoms with Crippen molar-refractivity contribution in [3.05, 3.63) is 27.7 Å². The quantitative estimate of drug-likeness (QED) is 0.848. The molecule has 0 aliphatic carbocycles. The molecular weight excluding hydrogens is 348 g/mol. The molecule has 1 fully saturated rings. The van der Waals surface area contributed by atoms with Gasteiger partial charge in [0.2, 0.25) is 0 Å². The molecule has 1 saturated heterocycles. The first-order valence-electron chi connectivity index (χ1n) is 6.21. The number of carboxylic acids is 1. The summed E-state index contributed by atoms with van der Waals surface area (Å²) in [5.74, 6) is -1.33. The Morgan fingerprint density at radius 1 is 1.45 bits per heavy atom. The van der Waals surface area contributed by atoms with E-state index in [9.17, 15) is 9.59 Å². The molecule has 1 atom stereocenters. The van der Waals surface area contributed by atoms with Crippen molar-refractivity contribution in [2.45, 2.75) is 12.8 Å². The highest BCUT2D eigenvalue weighted by Gasteiger charge is 2.28. The van der Waals surface area contributed by atoms with E-state index in [2.05, 4.69) is 21.2 Å². The first-order valence-corrected chi connectivity index (χ1v) is 7.38. The first-order chi connectivity index (χ1) is 9.47. The maximum absolute atomic E-state index is 12.1. The van der Waals surface area contributed by atoms with Crippen molar-refractivity contribution in [3.63, 3.8) is 0 Å². The van der Waals surface area contributed by atoms with Crippen LogP contribution in [0.2, 0.25) is 5.02 Å². The standard InChI is InChI=1S/C13H14BrClN2O3/c14-10-6-9(3-4-11(10)15)16-13(20)17-5-1-2-8(7-17)12(18)19/h3-4,6,8H,1-2,5,7H2,(H,16,20)(H,18,19)/t8-/m1/s1. The van der Waals surface area contributed by atoms with Crippen molar-refractivity contribution < 1.29 is 14.7 Å². The Balaban J connectivity index is 2.00. The van der Waals surface area contributed by atoms with Gasteiger partial charge in [0.15, 0.2) is 0 Å². The van der Waals surface area contributed by atoms with E-state index in [1.54, 1.807) is 18.2 Å². The van der Waals surface area contributed by atoms with Gasteiger partial charge in [0.25, 0.3) is 0 Å². The molecule has 0 spiro atoms. The van der Waals surface area contributed by atoms with Gasteiger partial charge in [-0.3, -0.25) is 4.79 Å². The molecule has 7 heteroatoms. The van der Waals surface area contributed by atoms with Crippen LogP contribution in [0.5, 0.6) is 0 Å². The van der Waals surface area contributed by atoms with Gasteiger partial charge in [-0.15, -0.1) is 0 Å². The zero-order valence-electron chi connectivity index (χ0n) is 10.6. The number of aliphatic carboxylic acids is 1. The van der Waals surface area contributed by atoms with Crippen LogP contribution in [0, 0.1) is 5.92 Å². The van der Waals surface area contributed by atoms with Crippen LogP contribution in [-0.4, -0.2) is 35.1 Å². The summed E-state index contributed by atoms with van der Waals surface area (Å²) in [4.78, 5) is 24.6. The number of benzene rings is 1. The summed E-state index contributed by atoms with van der Waals surface area (Å²) in [6.45, 7) is 0.820. The summed E-state index contributed by atoms with van der Waals surface area (Å²) >= 11 is 9.17. The third kappa shape index (κ3) is 3.64. The summed E-state index contributed by atoms with van der Waals surface area (Å²) in [5, 5.41) is 12.3. The predicted octanol–water partition coefficient (Wildman–Crippen LogP) is 3.43. The van der Waals surface area contributed by atoms with Gasteiger partial charge >= 0.3 is 12.0 Å². The van der Waals surface area contributed by atoms with Crippen LogP contribution in [0.3, 0.4) is 0 Å². The molecule has 1 heterocycles. The van der Waals surface area contributed by atoms with E-state index >= 15 is 0 Å². The van der Waals surface area contributed by atoms with Crippen LogP contribution in [-0.2, 0) is 4.79 Å². The topological polar surface area (TPSA) is 69.6 Å². The number of carbonyl (C=O) groups excluding carboxylic acids is 1. The highest BCUT2D eigenvalue weighted by molar-refractivity contribution is 9.10. The third-order valence-electron chi connectivity index (χ3n) is 3.23. The number of rotatable bonds is 2. The Labute approximate surface area is 130 Å². The molecule has 0 aromatic heterocycles. The number of amides is 2. The minimum atomic E-state index is -0.850. The van der Waals surface area contributed by atoms with E-state index in [1.807, 2.05) is 0 Å². The van der Waals surface area contributed by atoms with E-state index in [0.717, 1.165) is 0 Å². The second-order valence-electron chi connectivity index (χ2n) is 4.68. The van der Waals surface area contributed by atoms with E-state index < -0.39 is 11.9 Å². The maximum atomic E-state index is 12.1. The summed E-state index contributed by atoms with van der Waals surface area (Å²) in [6, 6.07) is 4.80. The predicted molar refractivity (Wildman–Crippen MR) is 80.1 cm³/mol. The molecule has 1 aliphatic heterocycles. The van der Waals surface area contributed by atoms with Crippen LogP contribution in [0.4, 0.5) is 10.5 Å². The Morgan fingerprint density at radius 3 is 2.85 bits per heavy atom. The molecule has 1 aliphatic rings. The number of hydrogen-bond donors (Lipinski definition) is 2. The number of hydrogen-bond acceptors (Lipinski definition) is 2. The van der Waals surface area contributed by atoms with Crippen LogP contribution >= 0.6 is 27.5 Å². The van der Waals surface area contributed by atoms with Gasteiger partial charge in [-0.2, -0.15) is 0 Å². The molecule has 0 bridgehead atoms. The van der Waals surface area contributed by atoms with Crippen LogP contribution < -0.4 is 5.32 Å². The largest absolute Gasteiger partial charge is 0.481 e. The zero-order chi connectivity index (χ0) is 14.7. The van der Waals surface area contributed by atoms with Gasteiger partial charge in [0.05, 0.1) is 10.9 Å². The average molecular weight is 362 g/mol. The molecule has 1 aromatic carbocycles. The lowest BCUT2D eigenvalue weighted by molar-refractivity contribution is -0.143. The fourth-order valence-electron chi connectivity index (χ4n) is 2.14. The molecule has 2 rings (SSSR count). The summed E-state index contributed by atoms with van der Waals surface area (Å²) < 4.78 is 0.694. The first kappa shape index (κ1) is 15.1. The number of nitrogens with one attached hydrogen (secondary N) is 1. The molecule has 1 aromatic rings. The minimum Gasteiger partial charge on any atom is -0.481 e. The SMILES string of the molecule is O=C(O)[C@@H]1CCCN(C(=O)Nc2ccc(Cl)c(Br)c2)C1. The van der Waals surface area contributed by atoms with E-state index in [-0.39, 0.29) is 12.6 Å². The molecule has 0 radical (unpaired) electrons. The van der Waals surface area contributed by atoms with Crippen molar-refractivity contribution >= 4 is 45.2 Å². The van der Waals surface area contributed by atoms with Gasteiger partial charge in [0, 0.05) is 23.2 Å². The van der Waals surface area contributed by atoms with Crippen LogP contribution in [0.1, 0.15) is 12.8 Å². The number of piperidine rings is 1. The third-order valence-corrected chi connectivity index (χ3v) is 4.44. The van der Waals surface area contributed by atoms with E-state index in [0.29, 0.717) is 34.6 Å². The number of nitrogens with zero attached hydrogens (tertiary/aromatic N) is 1. The van der Waals surface area contributed by atoms with Crippen molar-refractivity contribution in [3.8, 4) is 0 Å². The van der Waals surface area contributed by atoms with Crippen molar-refractivity contribution in [2.75, 3.05) is 18.4 Å². The minimum absolute atomic E-state index is 0.246. The maximum Gasteiger partial charge on any atom is 0.321 e. The average Bonchev–Trinajstić information content (AvgIpc) is 2.43. The lowest BCUT2D eigenvalue weighted by atomic mass is 9.99. The van der Waals surface area contributed by atoms with Crippen molar-refractivity contribution in [2.24, 2.45) is 5.92 Å². The normalized spacial score (nSPS) is 18.7. The van der Waals surface area contributed by atoms with Gasteiger partial charge in [-0.25, -0.2) is 4.79 Å². The highest BCUT2D eigenvalue weighted by atomic mass is 79.9. The smallest absolute Gasteiger partial charge is 0.321 e. The number of anilines is 1. The number of carbonyl (C=O) groups is 2.